The zero-order chi connectivity index (χ0) is 24.0. The van der Waals surface area contributed by atoms with Crippen molar-refractivity contribution in [2.24, 2.45) is 0 Å². The molecule has 1 fully saturated rings. The number of hydrogen-bond donors (Lipinski definition) is 1. The average Bonchev–Trinajstić information content (AvgIpc) is 2.95. The Morgan fingerprint density at radius 3 is 2.42 bits per heavy atom. The number of carbonyl (C=O) groups is 2. The van der Waals surface area contributed by atoms with Gasteiger partial charge in [0.2, 0.25) is 0 Å². The van der Waals surface area contributed by atoms with Crippen molar-refractivity contribution in [2.45, 2.75) is 29.3 Å². The molecule has 1 aliphatic heterocycles. The molecular weight excluding hydrogens is 453 g/mol. The van der Waals surface area contributed by atoms with Crippen LogP contribution in [0, 0.1) is 0 Å². The smallest absolute Gasteiger partial charge is 0.376 e. The number of thioether (sulfide) groups is 1. The van der Waals surface area contributed by atoms with Gasteiger partial charge in [0.1, 0.15) is 5.54 Å². The maximum atomic E-state index is 13.3. The van der Waals surface area contributed by atoms with Gasteiger partial charge < -0.3 is 10.2 Å². The molecule has 0 bridgehead atoms. The number of imide groups is 1. The number of hydrogen-bond acceptors (Lipinski definition) is 5. The Bertz CT molecular complexity index is 1230. The molecule has 172 valence electrons. The van der Waals surface area contributed by atoms with Gasteiger partial charge in [0.05, 0.1) is 16.9 Å². The number of nitrogens with zero attached hydrogens (tertiary/aromatic N) is 3. The topological polar surface area (TPSA) is 65.5 Å². The summed E-state index contributed by atoms with van der Waals surface area (Å²) in [6, 6.07) is 12.1. The lowest BCUT2D eigenvalue weighted by molar-refractivity contribution is -0.121. The quantitative estimate of drug-likeness (QED) is 0.418. The largest absolute Gasteiger partial charge is 0.446 e. The second-order valence-electron chi connectivity index (χ2n) is 8.16. The van der Waals surface area contributed by atoms with Crippen molar-refractivity contribution in [3.8, 4) is 0 Å². The number of nitrogens with one attached hydrogen (secondary N) is 1. The molecule has 33 heavy (non-hydrogen) atoms. The fourth-order valence-electron chi connectivity index (χ4n) is 3.95. The van der Waals surface area contributed by atoms with Gasteiger partial charge in [-0.25, -0.2) is 9.69 Å². The van der Waals surface area contributed by atoms with Crippen molar-refractivity contribution in [1.82, 2.24) is 10.3 Å². The van der Waals surface area contributed by atoms with Crippen molar-refractivity contribution in [1.29, 1.82) is 0 Å². The molecular formula is C23H21F3N4O2S. The number of carbonyl (C=O) groups excluding carboxylic acids is 2. The first-order chi connectivity index (χ1) is 15.5. The van der Waals surface area contributed by atoms with Crippen molar-refractivity contribution >= 4 is 46.0 Å². The third-order valence-corrected chi connectivity index (χ3v) is 6.19. The molecule has 2 heterocycles. The highest BCUT2D eigenvalue weighted by atomic mass is 32.2. The summed E-state index contributed by atoms with van der Waals surface area (Å²) in [6.07, 6.45) is 1.90. The fraction of sp³-hybridized carbons (Fsp3) is 0.261. The van der Waals surface area contributed by atoms with Gasteiger partial charge in [0.15, 0.2) is 0 Å². The van der Waals surface area contributed by atoms with Crippen molar-refractivity contribution < 1.29 is 22.8 Å². The van der Waals surface area contributed by atoms with E-state index in [9.17, 15) is 22.8 Å². The average molecular weight is 475 g/mol. The molecule has 0 spiro atoms. The molecule has 6 nitrogen and oxygen atoms in total. The molecule has 1 atom stereocenters. The Hall–Kier alpha value is -3.27. The van der Waals surface area contributed by atoms with E-state index in [1.807, 2.05) is 43.3 Å². The molecule has 0 aliphatic carbocycles. The molecule has 1 unspecified atom stereocenters. The molecule has 4 rings (SSSR count). The summed E-state index contributed by atoms with van der Waals surface area (Å²) in [4.78, 5) is 33.4. The molecule has 0 radical (unpaired) electrons. The molecule has 0 saturated carbocycles. The van der Waals surface area contributed by atoms with Gasteiger partial charge >= 0.3 is 11.5 Å². The first kappa shape index (κ1) is 22.9. The fourth-order valence-corrected chi connectivity index (χ4v) is 4.49. The highest BCUT2D eigenvalue weighted by Gasteiger charge is 2.48. The Kier molecular flexibility index (Phi) is 5.73. The monoisotopic (exact) mass is 474 g/mol. The predicted molar refractivity (Wildman–Crippen MR) is 123 cm³/mol. The number of aromatic nitrogens is 1. The van der Waals surface area contributed by atoms with Crippen LogP contribution in [0.4, 0.5) is 29.3 Å². The minimum absolute atomic E-state index is 0.0268. The Balaban J connectivity index is 1.63. The first-order valence-corrected chi connectivity index (χ1v) is 10.9. The molecule has 2 aromatic carbocycles. The van der Waals surface area contributed by atoms with E-state index < -0.39 is 23.0 Å². The van der Waals surface area contributed by atoms with Crippen LogP contribution in [0.15, 0.2) is 59.6 Å². The van der Waals surface area contributed by atoms with Gasteiger partial charge in [0, 0.05) is 37.0 Å². The predicted octanol–water partition coefficient (Wildman–Crippen LogP) is 4.97. The van der Waals surface area contributed by atoms with Crippen LogP contribution in [0.2, 0.25) is 0 Å². The zero-order valence-electron chi connectivity index (χ0n) is 18.1. The van der Waals surface area contributed by atoms with E-state index in [-0.39, 0.29) is 28.8 Å². The maximum absolute atomic E-state index is 13.3. The molecule has 1 N–H and O–H groups in total. The zero-order valence-corrected chi connectivity index (χ0v) is 18.9. The lowest BCUT2D eigenvalue weighted by Crippen LogP contribution is -2.46. The van der Waals surface area contributed by atoms with E-state index in [1.54, 1.807) is 13.1 Å². The molecule has 1 aliphatic rings. The van der Waals surface area contributed by atoms with Crippen LogP contribution in [-0.4, -0.2) is 42.1 Å². The normalized spacial score (nSPS) is 18.7. The van der Waals surface area contributed by atoms with Crippen LogP contribution < -0.4 is 15.1 Å². The molecule has 3 amide bonds. The van der Waals surface area contributed by atoms with Crippen LogP contribution in [0.25, 0.3) is 10.9 Å². The Morgan fingerprint density at radius 2 is 1.79 bits per heavy atom. The number of pyridine rings is 1. The van der Waals surface area contributed by atoms with Crippen LogP contribution in [0.5, 0.6) is 0 Å². The minimum atomic E-state index is -4.42. The summed E-state index contributed by atoms with van der Waals surface area (Å²) < 4.78 is 37.7. The van der Waals surface area contributed by atoms with E-state index in [4.69, 9.17) is 0 Å². The van der Waals surface area contributed by atoms with E-state index in [2.05, 4.69) is 10.3 Å². The number of fused-ring (bicyclic) bond motifs is 1. The first-order valence-electron chi connectivity index (χ1n) is 10.0. The van der Waals surface area contributed by atoms with Crippen LogP contribution in [0.1, 0.15) is 12.5 Å². The van der Waals surface area contributed by atoms with Gasteiger partial charge in [0.25, 0.3) is 5.91 Å². The second-order valence-corrected chi connectivity index (χ2v) is 9.30. The molecule has 10 heteroatoms. The Morgan fingerprint density at radius 1 is 1.09 bits per heavy atom. The number of anilines is 2. The van der Waals surface area contributed by atoms with E-state index in [0.29, 0.717) is 0 Å². The van der Waals surface area contributed by atoms with Gasteiger partial charge in [-0.3, -0.25) is 9.78 Å². The molecule has 3 aromatic rings. The summed E-state index contributed by atoms with van der Waals surface area (Å²) >= 11 is -0.254. The number of rotatable bonds is 5. The SMILES string of the molecule is CN(C)c1cccc2c(CC3(C)NC(=O)N(c4ccc(SC(F)(F)F)cc4)C3=O)ccnc12. The summed E-state index contributed by atoms with van der Waals surface area (Å²) in [6.45, 7) is 1.64. The van der Waals surface area contributed by atoms with Gasteiger partial charge in [-0.15, -0.1) is 0 Å². The van der Waals surface area contributed by atoms with Crippen molar-refractivity contribution in [3.05, 3.63) is 60.3 Å². The van der Waals surface area contributed by atoms with Gasteiger partial charge in [-0.2, -0.15) is 13.2 Å². The van der Waals surface area contributed by atoms with Crippen LogP contribution in [0.3, 0.4) is 0 Å². The lowest BCUT2D eigenvalue weighted by Gasteiger charge is -2.23. The second kappa shape index (κ2) is 8.26. The van der Waals surface area contributed by atoms with E-state index >= 15 is 0 Å². The third-order valence-electron chi connectivity index (χ3n) is 5.46. The van der Waals surface area contributed by atoms with Gasteiger partial charge in [-0.05, 0) is 60.6 Å². The lowest BCUT2D eigenvalue weighted by atomic mass is 9.91. The van der Waals surface area contributed by atoms with Crippen LogP contribution >= 0.6 is 11.8 Å². The maximum Gasteiger partial charge on any atom is 0.446 e. The highest BCUT2D eigenvalue weighted by molar-refractivity contribution is 8.00. The number of amides is 3. The van der Waals surface area contributed by atoms with E-state index in [1.165, 1.54) is 24.3 Å². The number of halogens is 3. The minimum Gasteiger partial charge on any atom is -0.376 e. The van der Waals surface area contributed by atoms with Gasteiger partial charge in [-0.1, -0.05) is 12.1 Å². The third kappa shape index (κ3) is 4.47. The summed E-state index contributed by atoms with van der Waals surface area (Å²) in [5, 5.41) is 3.63. The summed E-state index contributed by atoms with van der Waals surface area (Å²) in [5.74, 6) is -0.475. The standard InChI is InChI=1S/C23H21F3N4O2S/c1-22(13-14-11-12-27-19-17(14)5-4-6-18(19)29(2)3)20(31)30(21(32)28-22)15-7-9-16(10-8-15)33-23(24,25)26/h4-12H,13H2,1-3H3,(H,28,32). The van der Waals surface area contributed by atoms with E-state index in [0.717, 1.165) is 27.1 Å². The summed E-state index contributed by atoms with van der Waals surface area (Å²) in [7, 11) is 3.84. The van der Waals surface area contributed by atoms with Crippen molar-refractivity contribution in [2.75, 3.05) is 23.9 Å². The number of para-hydroxylation sites is 1. The number of alkyl halides is 3. The van der Waals surface area contributed by atoms with Crippen LogP contribution in [-0.2, 0) is 11.2 Å². The number of benzene rings is 2. The molecule has 1 saturated heterocycles. The number of urea groups is 1. The summed E-state index contributed by atoms with van der Waals surface area (Å²) in [5.41, 5.74) is -2.87. The van der Waals surface area contributed by atoms with Crippen molar-refractivity contribution in [3.63, 3.8) is 0 Å². The Labute approximate surface area is 192 Å². The molecule has 1 aromatic heterocycles. The highest BCUT2D eigenvalue weighted by Crippen LogP contribution is 2.38.